The van der Waals surface area contributed by atoms with Crippen LogP contribution in [0.25, 0.3) is 0 Å². The third kappa shape index (κ3) is 2.74. The molecule has 1 amide bonds. The van der Waals surface area contributed by atoms with Gasteiger partial charge in [0.25, 0.3) is 0 Å². The largest absolute Gasteiger partial charge is 0.380 e. The third-order valence-corrected chi connectivity index (χ3v) is 3.11. The van der Waals surface area contributed by atoms with Gasteiger partial charge in [0.05, 0.1) is 24.9 Å². The van der Waals surface area contributed by atoms with E-state index in [9.17, 15) is 4.79 Å². The summed E-state index contributed by atoms with van der Waals surface area (Å²) in [7, 11) is 0. The molecule has 1 rings (SSSR count). The highest BCUT2D eigenvalue weighted by molar-refractivity contribution is 5.84. The number of carbonyl (C=O) groups is 1. The second-order valence-corrected chi connectivity index (χ2v) is 4.31. The number of hydrogen-bond acceptors (Lipinski definition) is 3. The van der Waals surface area contributed by atoms with E-state index in [-0.39, 0.29) is 24.2 Å². The summed E-state index contributed by atoms with van der Waals surface area (Å²) in [5, 5.41) is 3.37. The lowest BCUT2D eigenvalue weighted by molar-refractivity contribution is -0.133. The van der Waals surface area contributed by atoms with Crippen LogP contribution in [-0.4, -0.2) is 42.3 Å². The molecule has 1 saturated heterocycles. The lowest BCUT2D eigenvalue weighted by atomic mass is 10.2. The molecule has 16 heavy (non-hydrogen) atoms. The van der Waals surface area contributed by atoms with E-state index in [1.54, 1.807) is 0 Å². The SMILES string of the molecule is CCOCC(C)N1C(=O)C(CC)NC1CC. The predicted octanol–water partition coefficient (Wildman–Crippen LogP) is 1.36. The molecule has 0 bridgehead atoms. The monoisotopic (exact) mass is 228 g/mol. The van der Waals surface area contributed by atoms with Gasteiger partial charge < -0.3 is 9.64 Å². The Bertz CT molecular complexity index is 233. The fourth-order valence-electron chi connectivity index (χ4n) is 2.22. The molecule has 1 heterocycles. The quantitative estimate of drug-likeness (QED) is 0.746. The van der Waals surface area contributed by atoms with Gasteiger partial charge in [0, 0.05) is 6.61 Å². The molecule has 4 nitrogen and oxygen atoms in total. The molecule has 3 unspecified atom stereocenters. The van der Waals surface area contributed by atoms with Gasteiger partial charge >= 0.3 is 0 Å². The van der Waals surface area contributed by atoms with E-state index < -0.39 is 0 Å². The van der Waals surface area contributed by atoms with Crippen LogP contribution in [0.1, 0.15) is 40.5 Å². The normalized spacial score (nSPS) is 27.5. The van der Waals surface area contributed by atoms with Gasteiger partial charge in [0.2, 0.25) is 5.91 Å². The molecule has 0 radical (unpaired) electrons. The molecule has 1 N–H and O–H groups in total. The highest BCUT2D eigenvalue weighted by atomic mass is 16.5. The van der Waals surface area contributed by atoms with Crippen molar-refractivity contribution in [2.24, 2.45) is 0 Å². The van der Waals surface area contributed by atoms with E-state index in [0.717, 1.165) is 12.8 Å². The van der Waals surface area contributed by atoms with E-state index in [2.05, 4.69) is 19.2 Å². The second kappa shape index (κ2) is 6.21. The summed E-state index contributed by atoms with van der Waals surface area (Å²) < 4.78 is 5.40. The number of nitrogens with one attached hydrogen (secondary N) is 1. The minimum absolute atomic E-state index is 0.00553. The molecule has 1 fully saturated rings. The summed E-state index contributed by atoms with van der Waals surface area (Å²) in [6.45, 7) is 9.49. The summed E-state index contributed by atoms with van der Waals surface area (Å²) in [4.78, 5) is 14.1. The van der Waals surface area contributed by atoms with Crippen molar-refractivity contribution in [3.63, 3.8) is 0 Å². The molecule has 0 aromatic heterocycles. The zero-order valence-electron chi connectivity index (χ0n) is 10.8. The molecule has 1 aliphatic heterocycles. The molecule has 0 aromatic rings. The fraction of sp³-hybridized carbons (Fsp3) is 0.917. The van der Waals surface area contributed by atoms with Crippen molar-refractivity contribution in [1.29, 1.82) is 0 Å². The van der Waals surface area contributed by atoms with Gasteiger partial charge in [-0.1, -0.05) is 13.8 Å². The van der Waals surface area contributed by atoms with Crippen LogP contribution in [0.3, 0.4) is 0 Å². The van der Waals surface area contributed by atoms with Gasteiger partial charge in [0.1, 0.15) is 0 Å². The van der Waals surface area contributed by atoms with Crippen LogP contribution >= 0.6 is 0 Å². The zero-order valence-corrected chi connectivity index (χ0v) is 10.8. The summed E-state index contributed by atoms with van der Waals surface area (Å²) in [5.41, 5.74) is 0. The number of carbonyl (C=O) groups excluding carboxylic acids is 1. The highest BCUT2D eigenvalue weighted by Crippen LogP contribution is 2.18. The van der Waals surface area contributed by atoms with Crippen molar-refractivity contribution in [2.75, 3.05) is 13.2 Å². The standard InChI is InChI=1S/C12H24N2O2/c1-5-10-12(15)14(11(6-2)13-10)9(4)8-16-7-3/h9-11,13H,5-8H2,1-4H3. The van der Waals surface area contributed by atoms with E-state index >= 15 is 0 Å². The molecule has 4 heteroatoms. The Labute approximate surface area is 98.3 Å². The first-order valence-electron chi connectivity index (χ1n) is 6.31. The van der Waals surface area contributed by atoms with Crippen molar-refractivity contribution in [2.45, 2.75) is 58.8 Å². The summed E-state index contributed by atoms with van der Waals surface area (Å²) >= 11 is 0. The minimum atomic E-state index is -0.00553. The number of hydrogen-bond donors (Lipinski definition) is 1. The van der Waals surface area contributed by atoms with Crippen molar-refractivity contribution >= 4 is 5.91 Å². The van der Waals surface area contributed by atoms with Crippen LogP contribution in [0.15, 0.2) is 0 Å². The first kappa shape index (κ1) is 13.5. The van der Waals surface area contributed by atoms with Crippen LogP contribution in [0.5, 0.6) is 0 Å². The summed E-state index contributed by atoms with van der Waals surface area (Å²) in [6, 6.07) is 0.149. The van der Waals surface area contributed by atoms with Gasteiger partial charge in [-0.3, -0.25) is 10.1 Å². The Hall–Kier alpha value is -0.610. The molecule has 94 valence electrons. The van der Waals surface area contributed by atoms with Gasteiger partial charge in [-0.05, 0) is 26.7 Å². The Morgan fingerprint density at radius 3 is 2.56 bits per heavy atom. The Morgan fingerprint density at radius 2 is 2.06 bits per heavy atom. The first-order valence-corrected chi connectivity index (χ1v) is 6.31. The average Bonchev–Trinajstić information content (AvgIpc) is 2.62. The van der Waals surface area contributed by atoms with Crippen LogP contribution < -0.4 is 5.32 Å². The molecule has 0 aromatic carbocycles. The Morgan fingerprint density at radius 1 is 1.38 bits per heavy atom. The van der Waals surface area contributed by atoms with Crippen LogP contribution in [0.2, 0.25) is 0 Å². The van der Waals surface area contributed by atoms with E-state index in [4.69, 9.17) is 4.74 Å². The highest BCUT2D eigenvalue weighted by Gasteiger charge is 2.39. The van der Waals surface area contributed by atoms with Gasteiger partial charge in [-0.25, -0.2) is 0 Å². The predicted molar refractivity (Wildman–Crippen MR) is 64.1 cm³/mol. The molecule has 1 aliphatic rings. The summed E-state index contributed by atoms with van der Waals surface area (Å²) in [6.07, 6.45) is 1.97. The van der Waals surface area contributed by atoms with Crippen molar-refractivity contribution < 1.29 is 9.53 Å². The maximum atomic E-state index is 12.1. The maximum Gasteiger partial charge on any atom is 0.241 e. The Kier molecular flexibility index (Phi) is 5.22. The molecule has 0 saturated carbocycles. The zero-order chi connectivity index (χ0) is 12.1. The lowest BCUT2D eigenvalue weighted by Crippen LogP contribution is -2.45. The number of ether oxygens (including phenoxy) is 1. The molecule has 3 atom stereocenters. The van der Waals surface area contributed by atoms with E-state index in [0.29, 0.717) is 13.2 Å². The third-order valence-electron chi connectivity index (χ3n) is 3.11. The maximum absolute atomic E-state index is 12.1. The molecule has 0 spiro atoms. The van der Waals surface area contributed by atoms with Crippen molar-refractivity contribution in [3.05, 3.63) is 0 Å². The molecular weight excluding hydrogens is 204 g/mol. The van der Waals surface area contributed by atoms with Gasteiger partial charge in [-0.15, -0.1) is 0 Å². The van der Waals surface area contributed by atoms with Crippen molar-refractivity contribution in [3.8, 4) is 0 Å². The number of nitrogens with zero attached hydrogens (tertiary/aromatic N) is 1. The number of amides is 1. The van der Waals surface area contributed by atoms with Crippen LogP contribution in [-0.2, 0) is 9.53 Å². The topological polar surface area (TPSA) is 41.6 Å². The smallest absolute Gasteiger partial charge is 0.241 e. The minimum Gasteiger partial charge on any atom is -0.380 e. The summed E-state index contributed by atoms with van der Waals surface area (Å²) in [5.74, 6) is 0.224. The van der Waals surface area contributed by atoms with E-state index in [1.165, 1.54) is 0 Å². The van der Waals surface area contributed by atoms with Crippen LogP contribution in [0.4, 0.5) is 0 Å². The number of rotatable bonds is 6. The Balaban J connectivity index is 2.64. The second-order valence-electron chi connectivity index (χ2n) is 4.31. The lowest BCUT2D eigenvalue weighted by Gasteiger charge is -2.29. The fourth-order valence-corrected chi connectivity index (χ4v) is 2.22. The van der Waals surface area contributed by atoms with Gasteiger partial charge in [-0.2, -0.15) is 0 Å². The average molecular weight is 228 g/mol. The van der Waals surface area contributed by atoms with Crippen LogP contribution in [0, 0.1) is 0 Å². The van der Waals surface area contributed by atoms with E-state index in [1.807, 2.05) is 18.7 Å². The van der Waals surface area contributed by atoms with Crippen molar-refractivity contribution in [1.82, 2.24) is 10.2 Å². The van der Waals surface area contributed by atoms with Gasteiger partial charge in [0.15, 0.2) is 0 Å². The molecule has 0 aliphatic carbocycles. The first-order chi connectivity index (χ1) is 7.65. The molecular formula is C12H24N2O2.